The molecule has 0 spiro atoms. The maximum Gasteiger partial charge on any atom is 0.327 e. The number of aromatic amines is 1. The SMILES string of the molecule is CC[C@H](C)[C@@H]1NC(=O)CNC(=O)[C@@H](N)Cc2c([nH]c3ccccc23)SC[C@@H](C(=O)O)NC(=O)CNC1=O. The van der Waals surface area contributed by atoms with Gasteiger partial charge >= 0.3 is 5.97 Å². The van der Waals surface area contributed by atoms with Gasteiger partial charge in [-0.25, -0.2) is 4.79 Å². The molecule has 0 saturated heterocycles. The van der Waals surface area contributed by atoms with Gasteiger partial charge in [0.2, 0.25) is 23.6 Å². The van der Waals surface area contributed by atoms with Gasteiger partial charge in [0.15, 0.2) is 0 Å². The number of hydrogen-bond acceptors (Lipinski definition) is 7. The van der Waals surface area contributed by atoms with E-state index in [1.165, 1.54) is 11.8 Å². The van der Waals surface area contributed by atoms with Crippen molar-refractivity contribution in [2.75, 3.05) is 18.8 Å². The molecule has 0 radical (unpaired) electrons. The fraction of sp³-hybridized carbons (Fsp3) is 0.458. The first-order chi connectivity index (χ1) is 17.6. The van der Waals surface area contributed by atoms with E-state index in [2.05, 4.69) is 26.3 Å². The largest absolute Gasteiger partial charge is 0.480 e. The second-order valence-electron chi connectivity index (χ2n) is 8.92. The molecule has 0 saturated carbocycles. The Labute approximate surface area is 217 Å². The van der Waals surface area contributed by atoms with Gasteiger partial charge in [0, 0.05) is 16.7 Å². The Kier molecular flexibility index (Phi) is 9.53. The van der Waals surface area contributed by atoms with Crippen LogP contribution in [0.1, 0.15) is 25.8 Å². The minimum absolute atomic E-state index is 0.0121. The van der Waals surface area contributed by atoms with Crippen molar-refractivity contribution in [2.24, 2.45) is 11.7 Å². The Morgan fingerprint density at radius 2 is 1.73 bits per heavy atom. The predicted octanol–water partition coefficient (Wildman–Crippen LogP) is -0.524. The smallest absolute Gasteiger partial charge is 0.327 e. The van der Waals surface area contributed by atoms with E-state index in [1.807, 2.05) is 31.2 Å². The first-order valence-corrected chi connectivity index (χ1v) is 12.9. The Hall–Kier alpha value is -3.58. The van der Waals surface area contributed by atoms with E-state index < -0.39 is 54.3 Å². The van der Waals surface area contributed by atoms with E-state index in [4.69, 9.17) is 5.73 Å². The average molecular weight is 533 g/mol. The van der Waals surface area contributed by atoms with Crippen molar-refractivity contribution < 1.29 is 29.1 Å². The van der Waals surface area contributed by atoms with Crippen molar-refractivity contribution in [1.29, 1.82) is 0 Å². The van der Waals surface area contributed by atoms with Crippen molar-refractivity contribution >= 4 is 52.3 Å². The summed E-state index contributed by atoms with van der Waals surface area (Å²) < 4.78 is 0. The molecular weight excluding hydrogens is 500 g/mol. The van der Waals surface area contributed by atoms with E-state index in [-0.39, 0.29) is 24.6 Å². The van der Waals surface area contributed by atoms with Gasteiger partial charge in [-0.2, -0.15) is 0 Å². The molecule has 2 heterocycles. The Bertz CT molecular complexity index is 1180. The van der Waals surface area contributed by atoms with Gasteiger partial charge < -0.3 is 37.1 Å². The van der Waals surface area contributed by atoms with Gasteiger partial charge in [-0.1, -0.05) is 38.5 Å². The molecule has 4 amide bonds. The molecule has 1 aliphatic rings. The molecule has 2 aromatic rings. The van der Waals surface area contributed by atoms with Crippen LogP contribution in [0.15, 0.2) is 29.3 Å². The van der Waals surface area contributed by atoms with E-state index >= 15 is 0 Å². The summed E-state index contributed by atoms with van der Waals surface area (Å²) >= 11 is 1.18. The quantitative estimate of drug-likeness (QED) is 0.274. The van der Waals surface area contributed by atoms with Gasteiger partial charge in [0.1, 0.15) is 12.1 Å². The van der Waals surface area contributed by atoms with Crippen LogP contribution in [-0.2, 0) is 30.4 Å². The zero-order valence-electron chi connectivity index (χ0n) is 20.6. The second kappa shape index (κ2) is 12.6. The summed E-state index contributed by atoms with van der Waals surface area (Å²) in [4.78, 5) is 65.4. The third-order valence-electron chi connectivity index (χ3n) is 6.22. The molecule has 200 valence electrons. The van der Waals surface area contributed by atoms with Crippen LogP contribution in [0.25, 0.3) is 10.9 Å². The molecule has 0 fully saturated rings. The average Bonchev–Trinajstić information content (AvgIpc) is 3.22. The molecule has 12 nitrogen and oxygen atoms in total. The number of thioether (sulfide) groups is 1. The first-order valence-electron chi connectivity index (χ1n) is 12.0. The van der Waals surface area contributed by atoms with E-state index in [1.54, 1.807) is 6.92 Å². The van der Waals surface area contributed by atoms with Crippen LogP contribution in [0, 0.1) is 5.92 Å². The number of benzene rings is 1. The standard InChI is InChI=1S/C24H32N6O6S/c1-3-12(2)20-22(34)27-9-18(31)28-17(24(35)36)11-37-23-14(13-6-4-5-7-16(13)29-23)8-15(25)21(33)26-10-19(32)30-20/h4-7,12,15,17,20,29H,3,8-11,25H2,1-2H3,(H,26,33)(H,27,34)(H,28,31)(H,30,32)(H,35,36)/t12-,15-,17-,20-/m0/s1. The lowest BCUT2D eigenvalue weighted by Gasteiger charge is -2.24. The monoisotopic (exact) mass is 532 g/mol. The third-order valence-corrected chi connectivity index (χ3v) is 7.36. The van der Waals surface area contributed by atoms with Gasteiger partial charge in [0.05, 0.1) is 24.2 Å². The van der Waals surface area contributed by atoms with Gasteiger partial charge in [-0.05, 0) is 24.0 Å². The number of carbonyl (C=O) groups is 5. The van der Waals surface area contributed by atoms with Crippen molar-refractivity contribution in [3.63, 3.8) is 0 Å². The number of amides is 4. The molecule has 13 heteroatoms. The van der Waals surface area contributed by atoms with Crippen molar-refractivity contribution in [3.05, 3.63) is 29.8 Å². The van der Waals surface area contributed by atoms with E-state index in [9.17, 15) is 29.1 Å². The maximum atomic E-state index is 12.7. The molecule has 0 unspecified atom stereocenters. The second-order valence-corrected chi connectivity index (χ2v) is 9.95. The number of aliphatic carboxylic acids is 1. The minimum Gasteiger partial charge on any atom is -0.480 e. The van der Waals surface area contributed by atoms with E-state index in [0.29, 0.717) is 11.4 Å². The van der Waals surface area contributed by atoms with Crippen molar-refractivity contribution in [3.8, 4) is 0 Å². The fourth-order valence-electron chi connectivity index (χ4n) is 3.90. The molecule has 8 N–H and O–H groups in total. The molecule has 0 aliphatic carbocycles. The zero-order chi connectivity index (χ0) is 27.1. The highest BCUT2D eigenvalue weighted by molar-refractivity contribution is 7.99. The van der Waals surface area contributed by atoms with E-state index in [0.717, 1.165) is 16.5 Å². The first kappa shape index (κ1) is 28.0. The summed E-state index contributed by atoms with van der Waals surface area (Å²) in [6.45, 7) is 2.78. The summed E-state index contributed by atoms with van der Waals surface area (Å²) in [7, 11) is 0. The Morgan fingerprint density at radius 1 is 1.08 bits per heavy atom. The number of para-hydroxylation sites is 1. The highest BCUT2D eigenvalue weighted by Crippen LogP contribution is 2.31. The topological polar surface area (TPSA) is 196 Å². The molecule has 1 aromatic carbocycles. The number of nitrogens with two attached hydrogens (primary N) is 1. The summed E-state index contributed by atoms with van der Waals surface area (Å²) in [6, 6.07) is 4.21. The van der Waals surface area contributed by atoms with Gasteiger partial charge in [-0.3, -0.25) is 19.2 Å². The van der Waals surface area contributed by atoms with Crippen molar-refractivity contribution in [2.45, 2.75) is 49.8 Å². The molecule has 0 bridgehead atoms. The molecule has 4 atom stereocenters. The lowest BCUT2D eigenvalue weighted by Crippen LogP contribution is -2.55. The van der Waals surface area contributed by atoms with Gasteiger partial charge in [-0.15, -0.1) is 11.8 Å². The highest BCUT2D eigenvalue weighted by Gasteiger charge is 2.28. The summed E-state index contributed by atoms with van der Waals surface area (Å²) in [6.07, 6.45) is 0.689. The fourth-order valence-corrected chi connectivity index (χ4v) is 5.01. The number of carbonyl (C=O) groups excluding carboxylic acids is 4. The van der Waals surface area contributed by atoms with Crippen molar-refractivity contribution in [1.82, 2.24) is 26.3 Å². The third kappa shape index (κ3) is 7.23. The number of carboxylic acid groups (broad SMARTS) is 1. The summed E-state index contributed by atoms with van der Waals surface area (Å²) in [5.41, 5.74) is 7.69. The lowest BCUT2D eigenvalue weighted by atomic mass is 9.98. The van der Waals surface area contributed by atoms with Crippen LogP contribution in [0.5, 0.6) is 0 Å². The number of carboxylic acids is 1. The molecular formula is C24H32N6O6S. The number of aromatic nitrogens is 1. The molecule has 3 rings (SSSR count). The zero-order valence-corrected chi connectivity index (χ0v) is 21.4. The van der Waals surface area contributed by atoms with Crippen LogP contribution < -0.4 is 27.0 Å². The van der Waals surface area contributed by atoms with Crippen LogP contribution in [0.2, 0.25) is 0 Å². The Balaban J connectivity index is 1.91. The number of H-pyrrole nitrogens is 1. The van der Waals surface area contributed by atoms with Crippen LogP contribution in [0.3, 0.4) is 0 Å². The highest BCUT2D eigenvalue weighted by atomic mass is 32.2. The number of rotatable bonds is 3. The number of nitrogens with one attached hydrogen (secondary N) is 5. The number of fused-ring (bicyclic) bond motifs is 3. The predicted molar refractivity (Wildman–Crippen MR) is 138 cm³/mol. The van der Waals surface area contributed by atoms with Gasteiger partial charge in [0.25, 0.3) is 0 Å². The minimum atomic E-state index is -1.24. The number of hydrogen-bond donors (Lipinski definition) is 7. The Morgan fingerprint density at radius 3 is 2.41 bits per heavy atom. The van der Waals surface area contributed by atoms with Crippen LogP contribution >= 0.6 is 11.8 Å². The van der Waals surface area contributed by atoms with Crippen LogP contribution in [0.4, 0.5) is 0 Å². The molecule has 1 aromatic heterocycles. The normalized spacial score (nSPS) is 23.5. The molecule has 1 aliphatic heterocycles. The maximum absolute atomic E-state index is 12.7. The summed E-state index contributed by atoms with van der Waals surface area (Å²) in [5.74, 6) is -3.91. The summed E-state index contributed by atoms with van der Waals surface area (Å²) in [5, 5.41) is 21.1. The lowest BCUT2D eigenvalue weighted by molar-refractivity contribution is -0.141. The molecule has 37 heavy (non-hydrogen) atoms. The van der Waals surface area contributed by atoms with Crippen LogP contribution in [-0.4, -0.2) is 76.7 Å².